The number of halogens is 4. The molecule has 0 bridgehead atoms. The maximum absolute atomic E-state index is 12.5. The normalized spacial score (nSPS) is 12.3. The van der Waals surface area contributed by atoms with E-state index in [1.807, 2.05) is 5.32 Å². The third-order valence-electron chi connectivity index (χ3n) is 4.79. The molecule has 3 heterocycles. The van der Waals surface area contributed by atoms with Crippen LogP contribution in [0, 0.1) is 0 Å². The fourth-order valence-electron chi connectivity index (χ4n) is 3.21. The van der Waals surface area contributed by atoms with E-state index in [1.165, 1.54) is 20.0 Å². The highest BCUT2D eigenvalue weighted by atomic mass is 35.5. The second-order valence-corrected chi connectivity index (χ2v) is 8.15. The maximum atomic E-state index is 12.5. The average molecular weight is 467 g/mol. The van der Waals surface area contributed by atoms with Crippen molar-refractivity contribution in [2.45, 2.75) is 25.6 Å². The van der Waals surface area contributed by atoms with Crippen LogP contribution in [0.1, 0.15) is 16.7 Å². The predicted molar refractivity (Wildman–Crippen MR) is 121 cm³/mol. The summed E-state index contributed by atoms with van der Waals surface area (Å²) >= 11 is 6.09. The number of nitrogens with zero attached hydrogens (tertiary/aromatic N) is 3. The molecule has 0 saturated heterocycles. The number of H-pyrrole nitrogens is 1. The third-order valence-corrected chi connectivity index (χ3v) is 5.00. The van der Waals surface area contributed by atoms with Gasteiger partial charge in [-0.3, -0.25) is 4.79 Å². The van der Waals surface area contributed by atoms with E-state index in [4.69, 9.17) is 11.6 Å². The van der Waals surface area contributed by atoms with Crippen molar-refractivity contribution in [1.29, 1.82) is 0 Å². The number of hydrogen-bond donors (Lipinski definition) is 3. The molecule has 3 aromatic heterocycles. The van der Waals surface area contributed by atoms with Gasteiger partial charge in [0.2, 0.25) is 5.91 Å². The first-order valence-corrected chi connectivity index (χ1v) is 9.94. The van der Waals surface area contributed by atoms with Gasteiger partial charge in [0.25, 0.3) is 0 Å². The molecule has 0 atom stereocenters. The van der Waals surface area contributed by atoms with Crippen LogP contribution in [-0.2, 0) is 4.79 Å². The first kappa shape index (κ1) is 21.8. The van der Waals surface area contributed by atoms with Gasteiger partial charge in [0.15, 0.2) is 5.82 Å². The Morgan fingerprint density at radius 2 is 1.94 bits per heavy atom. The Hall–Kier alpha value is -3.40. The number of pyridine rings is 1. The van der Waals surface area contributed by atoms with E-state index in [9.17, 15) is 18.0 Å². The SMILES string of the molecule is CC(C)(Nc1nc(-c2c[nH]c3ncc(Cl)cc23)nc2ccccc12)C(=O)NCC(F)(F)F.[HH].[HH]. The van der Waals surface area contributed by atoms with Crippen LogP contribution in [0.4, 0.5) is 19.0 Å². The van der Waals surface area contributed by atoms with E-state index in [-0.39, 0.29) is 2.85 Å². The molecule has 0 aliphatic rings. The number of carbonyl (C=O) groups is 1. The van der Waals surface area contributed by atoms with Crippen LogP contribution in [0.25, 0.3) is 33.3 Å². The molecule has 0 spiro atoms. The van der Waals surface area contributed by atoms with Crippen molar-refractivity contribution in [2.75, 3.05) is 11.9 Å². The van der Waals surface area contributed by atoms with Gasteiger partial charge in [-0.15, -0.1) is 0 Å². The zero-order valence-corrected chi connectivity index (χ0v) is 17.8. The Balaban J connectivity index is 0.00000204. The smallest absolute Gasteiger partial charge is 0.356 e. The minimum atomic E-state index is -4.51. The highest BCUT2D eigenvalue weighted by molar-refractivity contribution is 6.31. The summed E-state index contributed by atoms with van der Waals surface area (Å²) in [7, 11) is 0. The summed E-state index contributed by atoms with van der Waals surface area (Å²) in [6.07, 6.45) is -1.30. The third kappa shape index (κ3) is 4.45. The highest BCUT2D eigenvalue weighted by Gasteiger charge is 2.33. The summed E-state index contributed by atoms with van der Waals surface area (Å²) in [4.78, 5) is 28.9. The fourth-order valence-corrected chi connectivity index (χ4v) is 3.37. The van der Waals surface area contributed by atoms with Gasteiger partial charge in [-0.25, -0.2) is 15.0 Å². The lowest BCUT2D eigenvalue weighted by Gasteiger charge is -2.26. The van der Waals surface area contributed by atoms with Gasteiger partial charge in [-0.1, -0.05) is 23.7 Å². The van der Waals surface area contributed by atoms with Crippen LogP contribution in [-0.4, -0.2) is 44.1 Å². The van der Waals surface area contributed by atoms with Gasteiger partial charge < -0.3 is 15.6 Å². The van der Waals surface area contributed by atoms with Gasteiger partial charge >= 0.3 is 6.18 Å². The molecular weight excluding hydrogens is 445 g/mol. The molecular formula is C21H22ClF3N6O. The number of fused-ring (bicyclic) bond motifs is 2. The summed E-state index contributed by atoms with van der Waals surface area (Å²) in [6, 6.07) is 8.86. The number of carbonyl (C=O) groups excluding carboxylic acids is 1. The molecule has 7 nitrogen and oxygen atoms in total. The van der Waals surface area contributed by atoms with Crippen LogP contribution < -0.4 is 10.6 Å². The average Bonchev–Trinajstić information content (AvgIpc) is 3.14. The molecule has 0 aliphatic heterocycles. The summed E-state index contributed by atoms with van der Waals surface area (Å²) in [6.45, 7) is 1.53. The molecule has 0 radical (unpaired) electrons. The summed E-state index contributed by atoms with van der Waals surface area (Å²) in [5.74, 6) is -0.169. The number of anilines is 1. The van der Waals surface area contributed by atoms with E-state index in [2.05, 4.69) is 25.3 Å². The van der Waals surface area contributed by atoms with Gasteiger partial charge in [0, 0.05) is 31.6 Å². The lowest BCUT2D eigenvalue weighted by molar-refractivity contribution is -0.140. The van der Waals surface area contributed by atoms with E-state index < -0.39 is 24.2 Å². The Morgan fingerprint density at radius 3 is 2.69 bits per heavy atom. The van der Waals surface area contributed by atoms with Gasteiger partial charge in [-0.2, -0.15) is 13.2 Å². The largest absolute Gasteiger partial charge is 0.405 e. The number of hydrogen-bond acceptors (Lipinski definition) is 5. The Labute approximate surface area is 188 Å². The van der Waals surface area contributed by atoms with Crippen LogP contribution in [0.2, 0.25) is 5.02 Å². The number of nitrogens with one attached hydrogen (secondary N) is 3. The first-order chi connectivity index (χ1) is 15.0. The Morgan fingerprint density at radius 1 is 1.19 bits per heavy atom. The number of benzene rings is 1. The second-order valence-electron chi connectivity index (χ2n) is 7.71. The monoisotopic (exact) mass is 466 g/mol. The molecule has 4 rings (SSSR count). The molecule has 1 aromatic carbocycles. The number of aromatic nitrogens is 4. The quantitative estimate of drug-likeness (QED) is 0.376. The Kier molecular flexibility index (Phi) is 5.41. The summed E-state index contributed by atoms with van der Waals surface area (Å²) in [5.41, 5.74) is 0.451. The lowest BCUT2D eigenvalue weighted by atomic mass is 10.0. The number of amides is 1. The molecule has 170 valence electrons. The number of aromatic amines is 1. The second kappa shape index (κ2) is 7.94. The van der Waals surface area contributed by atoms with Crippen LogP contribution in [0.3, 0.4) is 0 Å². The molecule has 0 saturated carbocycles. The van der Waals surface area contributed by atoms with Crippen molar-refractivity contribution in [3.8, 4) is 11.4 Å². The van der Waals surface area contributed by atoms with Crippen molar-refractivity contribution in [3.05, 3.63) is 47.7 Å². The molecule has 0 unspecified atom stereocenters. The minimum Gasteiger partial charge on any atom is -0.356 e. The van der Waals surface area contributed by atoms with Gasteiger partial charge in [-0.05, 0) is 32.0 Å². The minimum absolute atomic E-state index is 0. The first-order valence-electron chi connectivity index (χ1n) is 9.56. The van der Waals surface area contributed by atoms with Crippen molar-refractivity contribution < 1.29 is 20.8 Å². The molecule has 3 N–H and O–H groups in total. The van der Waals surface area contributed by atoms with Crippen LogP contribution in [0.5, 0.6) is 0 Å². The van der Waals surface area contributed by atoms with Crippen LogP contribution in [0.15, 0.2) is 42.7 Å². The van der Waals surface area contributed by atoms with Crippen LogP contribution >= 0.6 is 11.6 Å². The van der Waals surface area contributed by atoms with Crippen molar-refractivity contribution >= 4 is 45.3 Å². The highest BCUT2D eigenvalue weighted by Crippen LogP contribution is 2.31. The summed E-state index contributed by atoms with van der Waals surface area (Å²) < 4.78 is 37.6. The van der Waals surface area contributed by atoms with E-state index in [0.717, 1.165) is 0 Å². The predicted octanol–water partition coefficient (Wildman–Crippen LogP) is 5.19. The molecule has 4 aromatic rings. The van der Waals surface area contributed by atoms with Crippen molar-refractivity contribution in [2.24, 2.45) is 0 Å². The fraction of sp³-hybridized carbons (Fsp3) is 0.238. The Bertz CT molecular complexity index is 1330. The summed E-state index contributed by atoms with van der Waals surface area (Å²) in [5, 5.41) is 6.65. The van der Waals surface area contributed by atoms with Gasteiger partial charge in [0.1, 0.15) is 23.5 Å². The topological polar surface area (TPSA) is 95.6 Å². The lowest BCUT2D eigenvalue weighted by Crippen LogP contribution is -2.50. The maximum Gasteiger partial charge on any atom is 0.405 e. The van der Waals surface area contributed by atoms with Gasteiger partial charge in [0.05, 0.1) is 10.5 Å². The number of para-hydroxylation sites is 1. The van der Waals surface area contributed by atoms with Crippen molar-refractivity contribution in [3.63, 3.8) is 0 Å². The molecule has 1 amide bonds. The zero-order valence-electron chi connectivity index (χ0n) is 17.0. The standard InChI is InChI=1S/C21H18ClF3N6O.2H2/c1-20(2,19(32)28-10-21(23,24)25)31-18-12-5-3-4-6-15(12)29-17(30-18)14-9-27-16-13(14)7-11(22)8-26-16;;/h3-9H,10H2,1-2H3,(H,26,27)(H,28,32)(H,29,30,31);2*1H. The zero-order chi connectivity index (χ0) is 23.1. The molecule has 0 aliphatic carbocycles. The molecule has 0 fully saturated rings. The van der Waals surface area contributed by atoms with E-state index in [1.54, 1.807) is 36.5 Å². The number of alkyl halides is 3. The molecule has 32 heavy (non-hydrogen) atoms. The van der Waals surface area contributed by atoms with E-state index in [0.29, 0.717) is 44.2 Å². The number of rotatable bonds is 5. The van der Waals surface area contributed by atoms with E-state index >= 15 is 0 Å². The molecule has 11 heteroatoms. The van der Waals surface area contributed by atoms with Crippen molar-refractivity contribution in [1.82, 2.24) is 25.3 Å².